The van der Waals surface area contributed by atoms with Crippen molar-refractivity contribution in [2.75, 3.05) is 4.90 Å². The second-order valence-electron chi connectivity index (χ2n) is 4.82. The minimum Gasteiger partial charge on any atom is -0.269 e. The highest BCUT2D eigenvalue weighted by Crippen LogP contribution is 2.29. The fourth-order valence-electron chi connectivity index (χ4n) is 2.27. The van der Waals surface area contributed by atoms with Crippen LogP contribution in [0, 0.1) is 10.1 Å². The van der Waals surface area contributed by atoms with Gasteiger partial charge in [-0.25, -0.2) is 4.90 Å². The normalized spacial score (nSPS) is 14.1. The summed E-state index contributed by atoms with van der Waals surface area (Å²) >= 11 is 5.80. The Balaban J connectivity index is 1.92. The van der Waals surface area contributed by atoms with Crippen molar-refractivity contribution in [2.24, 2.45) is 0 Å². The molecule has 1 aliphatic rings. The topological polar surface area (TPSA) is 80.5 Å². The first-order chi connectivity index (χ1) is 11.0. The average molecular weight is 329 g/mol. The van der Waals surface area contributed by atoms with E-state index in [0.29, 0.717) is 16.3 Å². The third-order valence-corrected chi connectivity index (χ3v) is 3.65. The smallest absolute Gasteiger partial charge is 0.269 e. The Kier molecular flexibility index (Phi) is 3.67. The molecule has 7 heteroatoms. The molecule has 0 fully saturated rings. The number of nitro benzene ring substituents is 1. The molecule has 114 valence electrons. The van der Waals surface area contributed by atoms with Crippen molar-refractivity contribution in [3.05, 3.63) is 75.3 Å². The second-order valence-corrected chi connectivity index (χ2v) is 5.25. The highest BCUT2D eigenvalue weighted by molar-refractivity contribution is 6.43. The Hall–Kier alpha value is -2.99. The summed E-state index contributed by atoms with van der Waals surface area (Å²) in [4.78, 5) is 35.8. The number of halogens is 1. The summed E-state index contributed by atoms with van der Waals surface area (Å²) in [5.41, 5.74) is 0.975. The molecule has 23 heavy (non-hydrogen) atoms. The lowest BCUT2D eigenvalue weighted by molar-refractivity contribution is -0.384. The number of amides is 2. The third-order valence-electron chi connectivity index (χ3n) is 3.40. The zero-order valence-electron chi connectivity index (χ0n) is 11.6. The Morgan fingerprint density at radius 3 is 2.13 bits per heavy atom. The lowest BCUT2D eigenvalue weighted by atomic mass is 10.1. The van der Waals surface area contributed by atoms with Gasteiger partial charge in [-0.05, 0) is 42.0 Å². The first kappa shape index (κ1) is 14.9. The van der Waals surface area contributed by atoms with E-state index in [2.05, 4.69) is 0 Å². The molecule has 6 nitrogen and oxygen atoms in total. The van der Waals surface area contributed by atoms with Gasteiger partial charge in [0.2, 0.25) is 0 Å². The average Bonchev–Trinajstić information content (AvgIpc) is 2.83. The number of hydrogen-bond donors (Lipinski definition) is 0. The van der Waals surface area contributed by atoms with Crippen LogP contribution in [0.4, 0.5) is 11.4 Å². The van der Waals surface area contributed by atoms with Crippen molar-refractivity contribution in [1.82, 2.24) is 0 Å². The molecule has 0 aliphatic carbocycles. The molecule has 2 amide bonds. The Bertz CT molecular complexity index is 841. The van der Waals surface area contributed by atoms with Gasteiger partial charge in [-0.15, -0.1) is 0 Å². The Morgan fingerprint density at radius 2 is 1.57 bits per heavy atom. The Labute approximate surface area is 135 Å². The Morgan fingerprint density at radius 1 is 0.957 bits per heavy atom. The molecule has 0 N–H and O–H groups in total. The number of carbonyl (C=O) groups excluding carboxylic acids is 2. The van der Waals surface area contributed by atoms with Gasteiger partial charge in [0, 0.05) is 23.2 Å². The highest BCUT2D eigenvalue weighted by atomic mass is 35.5. The predicted molar refractivity (Wildman–Crippen MR) is 85.0 cm³/mol. The van der Waals surface area contributed by atoms with Crippen molar-refractivity contribution in [1.29, 1.82) is 0 Å². The quantitative estimate of drug-likeness (QED) is 0.492. The molecule has 0 saturated heterocycles. The molecule has 0 saturated carbocycles. The standard InChI is InChI=1S/C16H9ClN2O4/c17-11-3-7-12(8-4-11)18-15(20)9-14(16(18)21)10-1-5-13(6-2-10)19(22)23/h1-9H. The molecular formula is C16H9ClN2O4. The third kappa shape index (κ3) is 2.72. The summed E-state index contributed by atoms with van der Waals surface area (Å²) in [6.07, 6.45) is 1.22. The fraction of sp³-hybridized carbons (Fsp3) is 0. The van der Waals surface area contributed by atoms with Gasteiger partial charge in [-0.1, -0.05) is 11.6 Å². The molecule has 0 unspecified atom stereocenters. The summed E-state index contributed by atoms with van der Waals surface area (Å²) in [6.45, 7) is 0. The minimum atomic E-state index is -0.528. The number of non-ortho nitro benzene ring substituents is 1. The highest BCUT2D eigenvalue weighted by Gasteiger charge is 2.33. The summed E-state index contributed by atoms with van der Waals surface area (Å²) in [7, 11) is 0. The molecular weight excluding hydrogens is 320 g/mol. The van der Waals surface area contributed by atoms with E-state index in [1.807, 2.05) is 0 Å². The van der Waals surface area contributed by atoms with Gasteiger partial charge in [-0.3, -0.25) is 19.7 Å². The van der Waals surface area contributed by atoms with E-state index < -0.39 is 16.7 Å². The molecule has 0 spiro atoms. The van der Waals surface area contributed by atoms with Gasteiger partial charge in [0.1, 0.15) is 0 Å². The molecule has 0 radical (unpaired) electrons. The number of carbonyl (C=O) groups is 2. The molecule has 1 heterocycles. The zero-order chi connectivity index (χ0) is 16.6. The van der Waals surface area contributed by atoms with E-state index in [-0.39, 0.29) is 11.3 Å². The van der Waals surface area contributed by atoms with Crippen molar-refractivity contribution in [2.45, 2.75) is 0 Å². The van der Waals surface area contributed by atoms with Gasteiger partial charge < -0.3 is 0 Å². The fourth-order valence-corrected chi connectivity index (χ4v) is 2.40. The number of anilines is 1. The van der Waals surface area contributed by atoms with E-state index in [1.54, 1.807) is 24.3 Å². The van der Waals surface area contributed by atoms with Crippen molar-refractivity contribution >= 4 is 40.4 Å². The van der Waals surface area contributed by atoms with Crippen LogP contribution in [-0.4, -0.2) is 16.7 Å². The van der Waals surface area contributed by atoms with Crippen LogP contribution in [-0.2, 0) is 9.59 Å². The number of imide groups is 1. The zero-order valence-corrected chi connectivity index (χ0v) is 12.4. The summed E-state index contributed by atoms with van der Waals surface area (Å²) in [6, 6.07) is 11.8. The lowest BCUT2D eigenvalue weighted by Gasteiger charge is -2.14. The van der Waals surface area contributed by atoms with E-state index in [4.69, 9.17) is 11.6 Å². The van der Waals surface area contributed by atoms with Gasteiger partial charge in [0.25, 0.3) is 17.5 Å². The SMILES string of the molecule is O=C1C=C(c2ccc([N+](=O)[O-])cc2)C(=O)N1c1ccc(Cl)cc1. The molecule has 0 aromatic heterocycles. The molecule has 2 aromatic carbocycles. The van der Waals surface area contributed by atoms with Crippen LogP contribution in [0.3, 0.4) is 0 Å². The first-order valence-electron chi connectivity index (χ1n) is 6.58. The summed E-state index contributed by atoms with van der Waals surface area (Å²) < 4.78 is 0. The maximum atomic E-state index is 12.5. The minimum absolute atomic E-state index is 0.0827. The molecule has 2 aromatic rings. The van der Waals surface area contributed by atoms with Crippen LogP contribution in [0.1, 0.15) is 5.56 Å². The molecule has 0 bridgehead atoms. The van der Waals surface area contributed by atoms with Gasteiger partial charge >= 0.3 is 0 Å². The maximum absolute atomic E-state index is 12.5. The largest absolute Gasteiger partial charge is 0.269 e. The molecule has 1 aliphatic heterocycles. The van der Waals surface area contributed by atoms with E-state index in [0.717, 1.165) is 4.90 Å². The monoisotopic (exact) mass is 328 g/mol. The summed E-state index contributed by atoms with van der Waals surface area (Å²) in [5, 5.41) is 11.2. The number of rotatable bonds is 3. The number of nitrogens with zero attached hydrogens (tertiary/aromatic N) is 2. The number of nitro groups is 1. The lowest BCUT2D eigenvalue weighted by Crippen LogP contribution is -2.30. The van der Waals surface area contributed by atoms with Gasteiger partial charge in [0.15, 0.2) is 0 Å². The van der Waals surface area contributed by atoms with Crippen LogP contribution in [0.2, 0.25) is 5.02 Å². The number of benzene rings is 2. The molecule has 0 atom stereocenters. The maximum Gasteiger partial charge on any atom is 0.269 e. The van der Waals surface area contributed by atoms with E-state index >= 15 is 0 Å². The first-order valence-corrected chi connectivity index (χ1v) is 6.95. The number of hydrogen-bond acceptors (Lipinski definition) is 4. The van der Waals surface area contributed by atoms with E-state index in [9.17, 15) is 19.7 Å². The van der Waals surface area contributed by atoms with Crippen LogP contribution < -0.4 is 4.90 Å². The van der Waals surface area contributed by atoms with Crippen LogP contribution in [0.5, 0.6) is 0 Å². The van der Waals surface area contributed by atoms with Crippen LogP contribution in [0.15, 0.2) is 54.6 Å². The molecule has 3 rings (SSSR count). The summed E-state index contributed by atoms with van der Waals surface area (Å²) in [5.74, 6) is -0.947. The predicted octanol–water partition coefficient (Wildman–Crippen LogP) is 3.21. The van der Waals surface area contributed by atoms with Gasteiger partial charge in [0.05, 0.1) is 16.2 Å². The van der Waals surface area contributed by atoms with Crippen molar-refractivity contribution < 1.29 is 14.5 Å². The van der Waals surface area contributed by atoms with Crippen LogP contribution in [0.25, 0.3) is 5.57 Å². The van der Waals surface area contributed by atoms with Gasteiger partial charge in [-0.2, -0.15) is 0 Å². The van der Waals surface area contributed by atoms with Crippen LogP contribution >= 0.6 is 11.6 Å². The van der Waals surface area contributed by atoms with E-state index in [1.165, 1.54) is 30.3 Å². The van der Waals surface area contributed by atoms with Crippen molar-refractivity contribution in [3.8, 4) is 0 Å². The van der Waals surface area contributed by atoms with Crippen molar-refractivity contribution in [3.63, 3.8) is 0 Å². The second kappa shape index (κ2) is 5.66.